The van der Waals surface area contributed by atoms with Gasteiger partial charge in [-0.15, -0.1) is 0 Å². The average molecular weight is 515 g/mol. The molecule has 2 aliphatic carbocycles. The van der Waals surface area contributed by atoms with Gasteiger partial charge in [-0.2, -0.15) is 0 Å². The Morgan fingerprint density at radius 2 is 1.81 bits per heavy atom. The topological polar surface area (TPSA) is 104 Å². The number of ether oxygens (including phenoxy) is 5. The van der Waals surface area contributed by atoms with Crippen LogP contribution < -0.4 is 0 Å². The molecule has 202 valence electrons. The van der Waals surface area contributed by atoms with E-state index in [9.17, 15) is 14.7 Å². The van der Waals surface area contributed by atoms with E-state index in [1.165, 1.54) is 17.7 Å². The lowest BCUT2D eigenvalue weighted by molar-refractivity contribution is -0.232. The zero-order valence-electron chi connectivity index (χ0n) is 22.1. The van der Waals surface area contributed by atoms with E-state index < -0.39 is 46.7 Å². The van der Waals surface area contributed by atoms with E-state index in [4.69, 9.17) is 23.7 Å². The van der Waals surface area contributed by atoms with Crippen molar-refractivity contribution in [1.29, 1.82) is 0 Å². The van der Waals surface area contributed by atoms with Crippen LogP contribution in [0.5, 0.6) is 0 Å². The van der Waals surface area contributed by atoms with Crippen molar-refractivity contribution < 1.29 is 38.4 Å². The highest BCUT2D eigenvalue weighted by Gasteiger charge is 2.83. The zero-order valence-corrected chi connectivity index (χ0v) is 22.1. The number of aliphatic hydroxyl groups excluding tert-OH is 1. The fraction of sp³-hybridized carbons (Fsp3) is 0.655. The Bertz CT molecular complexity index is 1050. The van der Waals surface area contributed by atoms with Gasteiger partial charge in [0.15, 0.2) is 0 Å². The summed E-state index contributed by atoms with van der Waals surface area (Å²) in [6.45, 7) is 8.88. The van der Waals surface area contributed by atoms with Crippen LogP contribution in [0.2, 0.25) is 0 Å². The smallest absolute Gasteiger partial charge is 0.331 e. The Morgan fingerprint density at radius 1 is 1.03 bits per heavy atom. The molecule has 2 bridgehead atoms. The molecule has 1 saturated carbocycles. The molecule has 0 unspecified atom stereocenters. The minimum Gasteiger partial charge on any atom is -0.462 e. The quantitative estimate of drug-likeness (QED) is 0.298. The molecule has 0 aromatic heterocycles. The minimum atomic E-state index is -0.839. The number of hydrogen-bond acceptors (Lipinski definition) is 8. The van der Waals surface area contributed by atoms with Crippen molar-refractivity contribution in [2.75, 3.05) is 19.8 Å². The number of allylic oxidation sites excluding steroid dienone is 3. The zero-order chi connectivity index (χ0) is 26.4. The molecule has 3 aliphatic heterocycles. The van der Waals surface area contributed by atoms with Crippen LogP contribution >= 0.6 is 0 Å². The molecule has 8 heteroatoms. The SMILES string of the molecule is CC1=C[C@@H]2O[C@@H]3C[C@H]4OC(=O)/C=C\C=C\[C@@H](O)[C@@H](C)OCC/C(C)=C/C(=O)OC[C@@]2(CC1)[C@]4(C)[C@]31CO1. The third-order valence-electron chi connectivity index (χ3n) is 9.32. The lowest BCUT2D eigenvalue weighted by Crippen LogP contribution is -2.66. The molecule has 3 heterocycles. The van der Waals surface area contributed by atoms with Crippen molar-refractivity contribution in [2.45, 2.75) is 89.5 Å². The summed E-state index contributed by atoms with van der Waals surface area (Å²) in [6.07, 6.45) is 10.2. The molecule has 0 aromatic carbocycles. The normalized spacial score (nSPS) is 47.6. The van der Waals surface area contributed by atoms with Gasteiger partial charge in [-0.25, -0.2) is 9.59 Å². The van der Waals surface area contributed by atoms with E-state index in [1.54, 1.807) is 25.2 Å². The van der Waals surface area contributed by atoms with E-state index in [-0.39, 0.29) is 18.8 Å². The summed E-state index contributed by atoms with van der Waals surface area (Å²) < 4.78 is 30.5. The molecule has 0 radical (unpaired) electrons. The first-order valence-electron chi connectivity index (χ1n) is 13.3. The molecule has 0 aromatic rings. The number of epoxide rings is 1. The molecular weight excluding hydrogens is 476 g/mol. The number of esters is 2. The lowest BCUT2D eigenvalue weighted by Gasteiger charge is -2.58. The predicted molar refractivity (Wildman–Crippen MR) is 134 cm³/mol. The highest BCUT2D eigenvalue weighted by atomic mass is 16.6. The predicted octanol–water partition coefficient (Wildman–Crippen LogP) is 3.34. The summed E-state index contributed by atoms with van der Waals surface area (Å²) in [5.74, 6) is -0.891. The molecule has 2 spiro atoms. The Hall–Kier alpha value is -2.26. The van der Waals surface area contributed by atoms with Crippen LogP contribution in [0.15, 0.2) is 47.6 Å². The number of carbonyl (C=O) groups excluding carboxylic acids is 2. The fourth-order valence-electron chi connectivity index (χ4n) is 6.80. The number of cyclic esters (lactones) is 1. The van der Waals surface area contributed by atoms with E-state index in [2.05, 4.69) is 19.9 Å². The number of hydrogen-bond donors (Lipinski definition) is 1. The summed E-state index contributed by atoms with van der Waals surface area (Å²) in [5, 5.41) is 10.3. The molecule has 3 fully saturated rings. The molecular formula is C29H38O8. The van der Waals surface area contributed by atoms with Crippen molar-refractivity contribution in [3.05, 3.63) is 47.6 Å². The van der Waals surface area contributed by atoms with Crippen molar-refractivity contribution in [3.8, 4) is 0 Å². The Balaban J connectivity index is 1.50. The monoisotopic (exact) mass is 514 g/mol. The molecule has 5 aliphatic rings. The third kappa shape index (κ3) is 4.42. The second-order valence-electron chi connectivity index (χ2n) is 11.4. The molecule has 8 nitrogen and oxygen atoms in total. The van der Waals surface area contributed by atoms with E-state index in [1.807, 2.05) is 6.92 Å². The maximum Gasteiger partial charge on any atom is 0.331 e. The lowest BCUT2D eigenvalue weighted by atomic mass is 9.51. The first kappa shape index (κ1) is 26.4. The van der Waals surface area contributed by atoms with Crippen LogP contribution in [0.3, 0.4) is 0 Å². The van der Waals surface area contributed by atoms with Gasteiger partial charge < -0.3 is 28.8 Å². The first-order valence-corrected chi connectivity index (χ1v) is 13.3. The number of aliphatic hydroxyl groups is 1. The standard InChI is InChI=1S/C29H38O8/c1-18-9-11-28-16-34-26(32)14-19(2)10-12-33-20(3)21(30)7-5-6-8-25(31)37-22-15-24(36-23(28)13-18)29(17-35-29)27(22,28)4/h5-8,13-14,20-24,30H,9-12,15-17H2,1-4H3/b7-5+,8-6-,19-14+/t20-,21-,22-,23+,24-,27-,28-,29+/m1/s1. The van der Waals surface area contributed by atoms with Crippen LogP contribution in [-0.4, -0.2) is 73.0 Å². The summed E-state index contributed by atoms with van der Waals surface area (Å²) in [5.41, 5.74) is 0.297. The fourth-order valence-corrected chi connectivity index (χ4v) is 6.80. The van der Waals surface area contributed by atoms with E-state index >= 15 is 0 Å². The number of rotatable bonds is 0. The Labute approximate surface area is 218 Å². The Kier molecular flexibility index (Phi) is 6.98. The summed E-state index contributed by atoms with van der Waals surface area (Å²) in [6, 6.07) is 0. The average Bonchev–Trinajstić information content (AvgIpc) is 3.63. The largest absolute Gasteiger partial charge is 0.462 e. The van der Waals surface area contributed by atoms with Crippen LogP contribution in [0.25, 0.3) is 0 Å². The molecule has 1 N–H and O–H groups in total. The molecule has 2 saturated heterocycles. The summed E-state index contributed by atoms with van der Waals surface area (Å²) >= 11 is 0. The van der Waals surface area contributed by atoms with Crippen LogP contribution in [0, 0.1) is 10.8 Å². The van der Waals surface area contributed by atoms with Gasteiger partial charge >= 0.3 is 11.9 Å². The van der Waals surface area contributed by atoms with Crippen molar-refractivity contribution >= 4 is 11.9 Å². The van der Waals surface area contributed by atoms with Gasteiger partial charge in [-0.1, -0.05) is 42.4 Å². The van der Waals surface area contributed by atoms with Gasteiger partial charge in [0.05, 0.1) is 43.0 Å². The first-order chi connectivity index (χ1) is 17.6. The van der Waals surface area contributed by atoms with Crippen molar-refractivity contribution in [3.63, 3.8) is 0 Å². The van der Waals surface area contributed by atoms with Gasteiger partial charge in [0.1, 0.15) is 18.3 Å². The highest BCUT2D eigenvalue weighted by molar-refractivity contribution is 5.83. The van der Waals surface area contributed by atoms with E-state index in [0.29, 0.717) is 26.1 Å². The molecule has 0 amide bonds. The van der Waals surface area contributed by atoms with Gasteiger partial charge in [0, 0.05) is 24.0 Å². The van der Waals surface area contributed by atoms with Crippen molar-refractivity contribution in [1.82, 2.24) is 0 Å². The number of carbonyl (C=O) groups is 2. The van der Waals surface area contributed by atoms with Crippen LogP contribution in [0.1, 0.15) is 53.4 Å². The Morgan fingerprint density at radius 3 is 2.57 bits per heavy atom. The maximum atomic E-state index is 12.9. The molecule has 5 rings (SSSR count). The molecule has 8 atom stereocenters. The van der Waals surface area contributed by atoms with Gasteiger partial charge in [-0.05, 0) is 40.0 Å². The van der Waals surface area contributed by atoms with Crippen LogP contribution in [-0.2, 0) is 33.3 Å². The minimum absolute atomic E-state index is 0.144. The maximum absolute atomic E-state index is 12.9. The van der Waals surface area contributed by atoms with Gasteiger partial charge in [0.2, 0.25) is 0 Å². The molecule has 37 heavy (non-hydrogen) atoms. The second-order valence-corrected chi connectivity index (χ2v) is 11.4. The van der Waals surface area contributed by atoms with Gasteiger partial charge in [-0.3, -0.25) is 0 Å². The third-order valence-corrected chi connectivity index (χ3v) is 9.32. The van der Waals surface area contributed by atoms with E-state index in [0.717, 1.165) is 18.4 Å². The highest BCUT2D eigenvalue weighted by Crippen LogP contribution is 2.72. The second kappa shape index (κ2) is 9.80. The summed E-state index contributed by atoms with van der Waals surface area (Å²) in [4.78, 5) is 25.8. The van der Waals surface area contributed by atoms with Gasteiger partial charge in [0.25, 0.3) is 0 Å². The van der Waals surface area contributed by atoms with Crippen LogP contribution in [0.4, 0.5) is 0 Å². The summed E-state index contributed by atoms with van der Waals surface area (Å²) in [7, 11) is 0. The van der Waals surface area contributed by atoms with Crippen molar-refractivity contribution in [2.24, 2.45) is 10.8 Å².